The van der Waals surface area contributed by atoms with E-state index in [1.165, 1.54) is 12.1 Å². The summed E-state index contributed by atoms with van der Waals surface area (Å²) in [4.78, 5) is 0. The van der Waals surface area contributed by atoms with Crippen molar-refractivity contribution in [2.24, 2.45) is 5.92 Å². The maximum absolute atomic E-state index is 12.2. The number of hydrogen-bond acceptors (Lipinski definition) is 4. The fraction of sp³-hybridized carbons (Fsp3) is 0.647. The molecule has 1 aliphatic rings. The monoisotopic (exact) mass is 347 g/mol. The zero-order valence-electron chi connectivity index (χ0n) is 13.8. The van der Waals surface area contributed by atoms with Crippen LogP contribution in [-0.2, 0) is 0 Å². The molecule has 1 aromatic rings. The smallest absolute Gasteiger partial charge is 0.422 e. The Labute approximate surface area is 139 Å². The predicted octanol–water partition coefficient (Wildman–Crippen LogP) is 3.15. The highest BCUT2D eigenvalue weighted by molar-refractivity contribution is 5.30. The zero-order valence-corrected chi connectivity index (χ0v) is 13.8. The number of nitrogens with one attached hydrogen (secondary N) is 1. The lowest BCUT2D eigenvalue weighted by molar-refractivity contribution is -0.153. The van der Waals surface area contributed by atoms with E-state index in [0.717, 1.165) is 12.8 Å². The van der Waals surface area contributed by atoms with Crippen LogP contribution in [0.5, 0.6) is 5.75 Å². The quantitative estimate of drug-likeness (QED) is 0.632. The summed E-state index contributed by atoms with van der Waals surface area (Å²) in [5.41, 5.74) is -0.219. The van der Waals surface area contributed by atoms with Crippen molar-refractivity contribution in [2.45, 2.75) is 57.2 Å². The van der Waals surface area contributed by atoms with Gasteiger partial charge in [-0.15, -0.1) is 0 Å². The van der Waals surface area contributed by atoms with Crippen molar-refractivity contribution < 1.29 is 28.1 Å². The number of ether oxygens (including phenoxy) is 1. The molecule has 1 fully saturated rings. The van der Waals surface area contributed by atoms with Gasteiger partial charge in [0.05, 0.1) is 5.60 Å². The standard InChI is InChI=1S/C17H24F3NO3/c1-11(21-15(22)9-16(2,23)13-6-7-13)12-4-3-5-14(8-12)24-10-17(18,19)20/h3-5,8,11,13,15,21-23H,6-7,9-10H2,1-2H3/t11-,15?,16+/m0/s1. The maximum Gasteiger partial charge on any atom is 0.422 e. The van der Waals surface area contributed by atoms with Crippen molar-refractivity contribution in [3.05, 3.63) is 29.8 Å². The lowest BCUT2D eigenvalue weighted by Crippen LogP contribution is -2.40. The minimum Gasteiger partial charge on any atom is -0.484 e. The Bertz CT molecular complexity index is 544. The van der Waals surface area contributed by atoms with Crippen LogP contribution in [0.15, 0.2) is 24.3 Å². The van der Waals surface area contributed by atoms with E-state index in [-0.39, 0.29) is 24.1 Å². The molecule has 1 aliphatic carbocycles. The largest absolute Gasteiger partial charge is 0.484 e. The number of aliphatic hydroxyl groups excluding tert-OH is 1. The van der Waals surface area contributed by atoms with Crippen molar-refractivity contribution in [3.8, 4) is 5.75 Å². The molecule has 1 aromatic carbocycles. The topological polar surface area (TPSA) is 61.7 Å². The normalized spacial score (nSPS) is 20.3. The SMILES string of the molecule is C[C@H](NC(O)C[C@@](C)(O)C1CC1)c1cccc(OCC(F)(F)F)c1. The van der Waals surface area contributed by atoms with Crippen LogP contribution in [0.25, 0.3) is 0 Å². The second-order valence-electron chi connectivity index (χ2n) is 6.72. The van der Waals surface area contributed by atoms with Crippen molar-refractivity contribution in [2.75, 3.05) is 6.61 Å². The highest BCUT2D eigenvalue weighted by Gasteiger charge is 2.41. The van der Waals surface area contributed by atoms with Gasteiger partial charge in [0.2, 0.25) is 0 Å². The van der Waals surface area contributed by atoms with Crippen molar-refractivity contribution >= 4 is 0 Å². The van der Waals surface area contributed by atoms with Gasteiger partial charge in [-0.25, -0.2) is 0 Å². The van der Waals surface area contributed by atoms with Gasteiger partial charge in [0.15, 0.2) is 6.61 Å². The van der Waals surface area contributed by atoms with Crippen LogP contribution < -0.4 is 10.1 Å². The maximum atomic E-state index is 12.2. The van der Waals surface area contributed by atoms with Gasteiger partial charge in [-0.05, 0) is 50.3 Å². The van der Waals surface area contributed by atoms with E-state index in [1.807, 2.05) is 0 Å². The van der Waals surface area contributed by atoms with Crippen molar-refractivity contribution in [1.29, 1.82) is 0 Å². The van der Waals surface area contributed by atoms with Crippen LogP contribution in [0.3, 0.4) is 0 Å². The first kappa shape index (κ1) is 19.0. The van der Waals surface area contributed by atoms with Crippen LogP contribution in [0.4, 0.5) is 13.2 Å². The van der Waals surface area contributed by atoms with E-state index in [1.54, 1.807) is 26.0 Å². The summed E-state index contributed by atoms with van der Waals surface area (Å²) in [5, 5.41) is 23.3. The van der Waals surface area contributed by atoms with Crippen LogP contribution in [-0.4, -0.2) is 34.8 Å². The first-order chi connectivity index (χ1) is 11.1. The summed E-state index contributed by atoms with van der Waals surface area (Å²) in [6.45, 7) is 2.16. The summed E-state index contributed by atoms with van der Waals surface area (Å²) < 4.78 is 41.3. The minimum atomic E-state index is -4.38. The molecule has 0 amide bonds. The molecule has 3 atom stereocenters. The Balaban J connectivity index is 1.90. The molecule has 3 N–H and O–H groups in total. The highest BCUT2D eigenvalue weighted by Crippen LogP contribution is 2.41. The van der Waals surface area contributed by atoms with Gasteiger partial charge < -0.3 is 14.9 Å². The van der Waals surface area contributed by atoms with Crippen molar-refractivity contribution in [1.82, 2.24) is 5.32 Å². The third-order valence-electron chi connectivity index (χ3n) is 4.27. The molecule has 0 saturated heterocycles. The minimum absolute atomic E-state index is 0.123. The molecule has 1 unspecified atom stereocenters. The first-order valence-electron chi connectivity index (χ1n) is 8.03. The van der Waals surface area contributed by atoms with E-state index < -0.39 is 24.6 Å². The fourth-order valence-electron chi connectivity index (χ4n) is 2.75. The molecule has 0 heterocycles. The number of hydrogen-bond donors (Lipinski definition) is 3. The van der Waals surface area contributed by atoms with Crippen molar-refractivity contribution in [3.63, 3.8) is 0 Å². The van der Waals surface area contributed by atoms with Crippen LogP contribution >= 0.6 is 0 Å². The van der Waals surface area contributed by atoms with E-state index in [2.05, 4.69) is 5.32 Å². The summed E-state index contributed by atoms with van der Waals surface area (Å²) in [7, 11) is 0. The summed E-state index contributed by atoms with van der Waals surface area (Å²) in [6.07, 6.45) is -3.16. The number of alkyl halides is 3. The van der Waals surface area contributed by atoms with E-state index in [0.29, 0.717) is 5.56 Å². The molecule has 0 aromatic heterocycles. The third kappa shape index (κ3) is 5.96. The molecular formula is C17H24F3NO3. The number of benzene rings is 1. The van der Waals surface area contributed by atoms with Gasteiger partial charge in [-0.1, -0.05) is 12.1 Å². The Morgan fingerprint density at radius 2 is 2.00 bits per heavy atom. The van der Waals surface area contributed by atoms with E-state index in [4.69, 9.17) is 4.74 Å². The van der Waals surface area contributed by atoms with Gasteiger partial charge in [0, 0.05) is 12.5 Å². The molecule has 0 bridgehead atoms. The molecule has 0 spiro atoms. The average Bonchev–Trinajstić information content (AvgIpc) is 3.29. The summed E-state index contributed by atoms with van der Waals surface area (Å²) >= 11 is 0. The average molecular weight is 347 g/mol. The predicted molar refractivity (Wildman–Crippen MR) is 83.5 cm³/mol. The lowest BCUT2D eigenvalue weighted by atomic mass is 9.95. The second-order valence-corrected chi connectivity index (χ2v) is 6.72. The lowest BCUT2D eigenvalue weighted by Gasteiger charge is -2.28. The van der Waals surface area contributed by atoms with Gasteiger partial charge >= 0.3 is 6.18 Å². The molecule has 0 radical (unpaired) electrons. The van der Waals surface area contributed by atoms with Crippen LogP contribution in [0.2, 0.25) is 0 Å². The first-order valence-corrected chi connectivity index (χ1v) is 8.03. The molecule has 7 heteroatoms. The molecule has 136 valence electrons. The Kier molecular flexibility index (Phi) is 5.78. The molecule has 0 aliphatic heterocycles. The Morgan fingerprint density at radius 1 is 1.33 bits per heavy atom. The summed E-state index contributed by atoms with van der Waals surface area (Å²) in [5.74, 6) is 0.348. The van der Waals surface area contributed by atoms with Crippen LogP contribution in [0.1, 0.15) is 44.7 Å². The summed E-state index contributed by atoms with van der Waals surface area (Å²) in [6, 6.07) is 6.01. The molecular weight excluding hydrogens is 323 g/mol. The highest BCUT2D eigenvalue weighted by atomic mass is 19.4. The third-order valence-corrected chi connectivity index (χ3v) is 4.27. The molecule has 2 rings (SSSR count). The number of rotatable bonds is 8. The van der Waals surface area contributed by atoms with E-state index >= 15 is 0 Å². The Hall–Kier alpha value is -1.31. The molecule has 24 heavy (non-hydrogen) atoms. The second kappa shape index (κ2) is 7.29. The Morgan fingerprint density at radius 3 is 2.58 bits per heavy atom. The number of halogens is 3. The van der Waals surface area contributed by atoms with Gasteiger partial charge in [0.1, 0.15) is 12.0 Å². The van der Waals surface area contributed by atoms with Gasteiger partial charge in [0.25, 0.3) is 0 Å². The fourth-order valence-corrected chi connectivity index (χ4v) is 2.75. The van der Waals surface area contributed by atoms with Gasteiger partial charge in [-0.2, -0.15) is 13.2 Å². The zero-order chi connectivity index (χ0) is 18.0. The molecule has 1 saturated carbocycles. The van der Waals surface area contributed by atoms with E-state index in [9.17, 15) is 23.4 Å². The van der Waals surface area contributed by atoms with Crippen LogP contribution in [0, 0.1) is 5.92 Å². The molecule has 4 nitrogen and oxygen atoms in total. The van der Waals surface area contributed by atoms with Gasteiger partial charge in [-0.3, -0.25) is 5.32 Å². The number of aliphatic hydroxyl groups is 2.